The minimum atomic E-state index is -0.569. The van der Waals surface area contributed by atoms with E-state index in [1.807, 2.05) is 48.6 Å². The molecule has 0 saturated heterocycles. The monoisotopic (exact) mass is 242 g/mol. The van der Waals surface area contributed by atoms with E-state index in [0.29, 0.717) is 0 Å². The molecule has 0 bridgehead atoms. The average Bonchev–Trinajstić information content (AvgIpc) is 3.12. The minimum Gasteiger partial charge on any atom is -0.468 e. The molecular weight excluding hydrogens is 224 g/mol. The molecule has 2 nitrogen and oxygen atoms in total. The van der Waals surface area contributed by atoms with Crippen LogP contribution in [-0.4, -0.2) is 13.1 Å². The number of carbonyl (C=O) groups excluding carboxylic acids is 1. The Bertz CT molecular complexity index is 485. The summed E-state index contributed by atoms with van der Waals surface area (Å²) in [5, 5.41) is 0. The van der Waals surface area contributed by atoms with Crippen LogP contribution in [0.1, 0.15) is 25.3 Å². The fourth-order valence-corrected chi connectivity index (χ4v) is 2.16. The highest BCUT2D eigenvalue weighted by atomic mass is 16.5. The topological polar surface area (TPSA) is 26.3 Å². The Kier molecular flexibility index (Phi) is 3.66. The van der Waals surface area contributed by atoms with Crippen molar-refractivity contribution >= 4 is 12.0 Å². The fourth-order valence-electron chi connectivity index (χ4n) is 2.16. The maximum atomic E-state index is 11.9. The molecule has 0 aliphatic heterocycles. The molecule has 0 fully saturated rings. The molecule has 0 aromatic heterocycles. The molecule has 1 atom stereocenters. The first kappa shape index (κ1) is 12.6. The van der Waals surface area contributed by atoms with Crippen LogP contribution in [0.4, 0.5) is 0 Å². The van der Waals surface area contributed by atoms with Crippen LogP contribution in [0.2, 0.25) is 0 Å². The van der Waals surface area contributed by atoms with Gasteiger partial charge in [0.15, 0.2) is 0 Å². The van der Waals surface area contributed by atoms with Crippen molar-refractivity contribution < 1.29 is 9.53 Å². The molecule has 2 rings (SSSR count). The van der Waals surface area contributed by atoms with Gasteiger partial charge in [0, 0.05) is 0 Å². The summed E-state index contributed by atoms with van der Waals surface area (Å²) >= 11 is 0. The number of rotatable bonds is 5. The number of carbonyl (C=O) groups is 1. The molecule has 0 saturated carbocycles. The van der Waals surface area contributed by atoms with Gasteiger partial charge in [-0.3, -0.25) is 4.79 Å². The molecule has 1 aromatic rings. The zero-order valence-electron chi connectivity index (χ0n) is 10.8. The smallest absolute Gasteiger partial charge is 0.323 e. The molecule has 94 valence electrons. The summed E-state index contributed by atoms with van der Waals surface area (Å²) < 4.78 is 4.90. The highest BCUT2D eigenvalue weighted by Gasteiger charge is 2.48. The Morgan fingerprint density at radius 1 is 1.33 bits per heavy atom. The predicted molar refractivity (Wildman–Crippen MR) is 72.9 cm³/mol. The van der Waals surface area contributed by atoms with Gasteiger partial charge in [0.25, 0.3) is 0 Å². The van der Waals surface area contributed by atoms with Crippen LogP contribution in [0.5, 0.6) is 0 Å². The molecule has 2 heteroatoms. The zero-order valence-corrected chi connectivity index (χ0v) is 10.8. The molecule has 0 spiro atoms. The summed E-state index contributed by atoms with van der Waals surface area (Å²) in [4.78, 5) is 11.9. The highest BCUT2D eigenvalue weighted by Crippen LogP contribution is 2.49. The van der Waals surface area contributed by atoms with E-state index in [2.05, 4.69) is 6.92 Å². The van der Waals surface area contributed by atoms with E-state index in [4.69, 9.17) is 4.74 Å². The van der Waals surface area contributed by atoms with Crippen molar-refractivity contribution in [1.29, 1.82) is 0 Å². The standard InChI is InChI=1S/C16H18O2/c1-3-7-14-12-16(14,15(17)18-2)11-10-13-8-5-4-6-9-13/h4-6,8-12H,3,7H2,1-2H3/b11-10+/t16-/m0/s1. The summed E-state index contributed by atoms with van der Waals surface area (Å²) in [6.45, 7) is 2.11. The third-order valence-electron chi connectivity index (χ3n) is 3.23. The Morgan fingerprint density at radius 2 is 2.06 bits per heavy atom. The van der Waals surface area contributed by atoms with Gasteiger partial charge in [-0.25, -0.2) is 0 Å². The maximum Gasteiger partial charge on any atom is 0.323 e. The first-order valence-corrected chi connectivity index (χ1v) is 6.28. The molecule has 0 unspecified atom stereocenters. The first-order chi connectivity index (χ1) is 8.73. The van der Waals surface area contributed by atoms with E-state index in [-0.39, 0.29) is 5.97 Å². The van der Waals surface area contributed by atoms with Crippen molar-refractivity contribution in [3.8, 4) is 0 Å². The largest absolute Gasteiger partial charge is 0.468 e. The van der Waals surface area contributed by atoms with Crippen LogP contribution in [0.3, 0.4) is 0 Å². The quantitative estimate of drug-likeness (QED) is 0.582. The lowest BCUT2D eigenvalue weighted by atomic mass is 9.96. The lowest BCUT2D eigenvalue weighted by Crippen LogP contribution is -2.18. The van der Waals surface area contributed by atoms with Crippen molar-refractivity contribution in [3.05, 3.63) is 53.6 Å². The van der Waals surface area contributed by atoms with Crippen molar-refractivity contribution in [3.63, 3.8) is 0 Å². The molecule has 0 heterocycles. The second kappa shape index (κ2) is 5.21. The van der Waals surface area contributed by atoms with Gasteiger partial charge in [-0.2, -0.15) is 0 Å². The molecular formula is C16H18O2. The number of hydrogen-bond donors (Lipinski definition) is 0. The Hall–Kier alpha value is -1.83. The van der Waals surface area contributed by atoms with Crippen molar-refractivity contribution in [2.24, 2.45) is 5.41 Å². The van der Waals surface area contributed by atoms with E-state index in [1.165, 1.54) is 12.7 Å². The van der Waals surface area contributed by atoms with Gasteiger partial charge < -0.3 is 4.74 Å². The molecule has 0 N–H and O–H groups in total. The van der Waals surface area contributed by atoms with E-state index in [0.717, 1.165) is 18.4 Å². The van der Waals surface area contributed by atoms with Gasteiger partial charge in [0.2, 0.25) is 0 Å². The number of ether oxygens (including phenoxy) is 1. The van der Waals surface area contributed by atoms with Gasteiger partial charge in [-0.15, -0.1) is 0 Å². The number of methoxy groups -OCH3 is 1. The van der Waals surface area contributed by atoms with Crippen LogP contribution in [0.15, 0.2) is 48.1 Å². The molecule has 1 aliphatic carbocycles. The van der Waals surface area contributed by atoms with E-state index < -0.39 is 5.41 Å². The molecule has 18 heavy (non-hydrogen) atoms. The van der Waals surface area contributed by atoms with Gasteiger partial charge in [-0.05, 0) is 17.6 Å². The number of benzene rings is 1. The van der Waals surface area contributed by atoms with Crippen molar-refractivity contribution in [2.75, 3.05) is 7.11 Å². The fraction of sp³-hybridized carbons (Fsp3) is 0.312. The maximum absolute atomic E-state index is 11.9. The van der Waals surface area contributed by atoms with E-state index >= 15 is 0 Å². The van der Waals surface area contributed by atoms with Gasteiger partial charge in [-0.1, -0.05) is 61.9 Å². The van der Waals surface area contributed by atoms with E-state index in [1.54, 1.807) is 0 Å². The molecule has 0 radical (unpaired) electrons. The highest BCUT2D eigenvalue weighted by molar-refractivity contribution is 5.92. The number of esters is 1. The Labute approximate surface area is 108 Å². The normalized spacial score (nSPS) is 21.8. The minimum absolute atomic E-state index is 0.182. The predicted octanol–water partition coefficient (Wildman–Crippen LogP) is 3.60. The van der Waals surface area contributed by atoms with Crippen LogP contribution in [0.25, 0.3) is 6.08 Å². The van der Waals surface area contributed by atoms with Gasteiger partial charge in [0.05, 0.1) is 7.11 Å². The summed E-state index contributed by atoms with van der Waals surface area (Å²) in [6.07, 6.45) is 7.93. The molecule has 1 aromatic carbocycles. The third kappa shape index (κ3) is 2.37. The zero-order chi connectivity index (χ0) is 13.0. The Morgan fingerprint density at radius 3 is 2.67 bits per heavy atom. The lowest BCUT2D eigenvalue weighted by Gasteiger charge is -2.11. The SMILES string of the molecule is CCCC1=C[C@]1(/C=C/c1ccccc1)C(=O)OC. The van der Waals surface area contributed by atoms with E-state index in [9.17, 15) is 4.79 Å². The summed E-state index contributed by atoms with van der Waals surface area (Å²) in [6, 6.07) is 9.98. The second-order valence-corrected chi connectivity index (χ2v) is 4.52. The molecule has 0 amide bonds. The summed E-state index contributed by atoms with van der Waals surface area (Å²) in [5.74, 6) is -0.182. The summed E-state index contributed by atoms with van der Waals surface area (Å²) in [7, 11) is 1.44. The van der Waals surface area contributed by atoms with Crippen molar-refractivity contribution in [1.82, 2.24) is 0 Å². The summed E-state index contributed by atoms with van der Waals surface area (Å²) in [5.41, 5.74) is 1.70. The first-order valence-electron chi connectivity index (χ1n) is 6.28. The number of hydrogen-bond acceptors (Lipinski definition) is 2. The van der Waals surface area contributed by atoms with Gasteiger partial charge in [0.1, 0.15) is 5.41 Å². The van der Waals surface area contributed by atoms with Gasteiger partial charge >= 0.3 is 5.97 Å². The van der Waals surface area contributed by atoms with Crippen molar-refractivity contribution in [2.45, 2.75) is 19.8 Å². The van der Waals surface area contributed by atoms with Crippen LogP contribution >= 0.6 is 0 Å². The average molecular weight is 242 g/mol. The lowest BCUT2D eigenvalue weighted by molar-refractivity contribution is -0.144. The second-order valence-electron chi connectivity index (χ2n) is 4.52. The molecule has 1 aliphatic rings. The Balaban J connectivity index is 2.14. The van der Waals surface area contributed by atoms with Crippen LogP contribution in [-0.2, 0) is 9.53 Å². The van der Waals surface area contributed by atoms with Crippen LogP contribution < -0.4 is 0 Å². The van der Waals surface area contributed by atoms with Crippen LogP contribution in [0, 0.1) is 5.41 Å². The third-order valence-corrected chi connectivity index (χ3v) is 3.23.